The smallest absolute Gasteiger partial charge is 0.292 e. The maximum atomic E-state index is 12.8. The number of carbonyl (C=O) groups excluding carboxylic acids is 2. The van der Waals surface area contributed by atoms with Gasteiger partial charge in [-0.25, -0.2) is 4.90 Å². The molecule has 3 atom stereocenters. The first-order valence-corrected chi connectivity index (χ1v) is 8.54. The van der Waals surface area contributed by atoms with Crippen LogP contribution in [0.15, 0.2) is 24.3 Å². The second-order valence-corrected chi connectivity index (χ2v) is 6.61. The number of quaternary nitrogens is 1. The van der Waals surface area contributed by atoms with Gasteiger partial charge in [0.2, 0.25) is 5.91 Å². The van der Waals surface area contributed by atoms with Crippen LogP contribution in [0.3, 0.4) is 0 Å². The Kier molecular flexibility index (Phi) is 4.66. The van der Waals surface area contributed by atoms with Crippen LogP contribution < -0.4 is 14.5 Å². The topological polar surface area (TPSA) is 51.0 Å². The van der Waals surface area contributed by atoms with E-state index in [1.54, 1.807) is 12.1 Å². The number of ether oxygens (including phenoxy) is 1. The Hall–Kier alpha value is -1.88. The number of likely N-dealkylation sites (tertiary alicyclic amines) is 1. The Morgan fingerprint density at radius 3 is 2.65 bits per heavy atom. The lowest BCUT2D eigenvalue weighted by Gasteiger charge is -2.31. The largest absolute Gasteiger partial charge is 0.494 e. The van der Waals surface area contributed by atoms with E-state index in [-0.39, 0.29) is 17.9 Å². The summed E-state index contributed by atoms with van der Waals surface area (Å²) in [4.78, 5) is 27.8. The van der Waals surface area contributed by atoms with Gasteiger partial charge in [-0.1, -0.05) is 6.92 Å². The van der Waals surface area contributed by atoms with Crippen LogP contribution in [0.5, 0.6) is 5.75 Å². The minimum atomic E-state index is -0.211. The van der Waals surface area contributed by atoms with E-state index in [4.69, 9.17) is 4.74 Å². The van der Waals surface area contributed by atoms with Crippen molar-refractivity contribution in [1.82, 2.24) is 0 Å². The Morgan fingerprint density at radius 1 is 1.26 bits per heavy atom. The molecule has 0 aliphatic carbocycles. The Morgan fingerprint density at radius 2 is 2.00 bits per heavy atom. The molecule has 3 rings (SSSR count). The molecule has 5 heteroatoms. The summed E-state index contributed by atoms with van der Waals surface area (Å²) in [6.45, 7) is 6.73. The summed E-state index contributed by atoms with van der Waals surface area (Å²) in [5.41, 5.74) is 0.649. The van der Waals surface area contributed by atoms with Gasteiger partial charge in [0.25, 0.3) is 5.91 Å². The molecule has 1 aromatic carbocycles. The third-order valence-electron chi connectivity index (χ3n) is 4.85. The highest BCUT2D eigenvalue weighted by Gasteiger charge is 2.46. The summed E-state index contributed by atoms with van der Waals surface area (Å²) in [6.07, 6.45) is 2.69. The molecule has 1 N–H and O–H groups in total. The van der Waals surface area contributed by atoms with E-state index in [0.29, 0.717) is 24.6 Å². The zero-order chi connectivity index (χ0) is 16.4. The quantitative estimate of drug-likeness (QED) is 0.844. The highest BCUT2D eigenvalue weighted by Crippen LogP contribution is 2.25. The lowest BCUT2D eigenvalue weighted by atomic mass is 9.98. The van der Waals surface area contributed by atoms with Gasteiger partial charge < -0.3 is 9.64 Å². The van der Waals surface area contributed by atoms with E-state index < -0.39 is 0 Å². The Bertz CT molecular complexity index is 584. The normalized spacial score (nSPS) is 28.3. The van der Waals surface area contributed by atoms with Gasteiger partial charge >= 0.3 is 0 Å². The molecule has 124 valence electrons. The zero-order valence-electron chi connectivity index (χ0n) is 13.9. The van der Waals surface area contributed by atoms with Gasteiger partial charge in [0.15, 0.2) is 6.04 Å². The van der Waals surface area contributed by atoms with E-state index in [9.17, 15) is 9.59 Å². The minimum absolute atomic E-state index is 0.0525. The van der Waals surface area contributed by atoms with Crippen LogP contribution in [0.4, 0.5) is 5.69 Å². The van der Waals surface area contributed by atoms with Crippen LogP contribution in [0.25, 0.3) is 0 Å². The third-order valence-corrected chi connectivity index (χ3v) is 4.85. The monoisotopic (exact) mass is 317 g/mol. The molecule has 0 bridgehead atoms. The summed E-state index contributed by atoms with van der Waals surface area (Å²) in [7, 11) is 0. The number of anilines is 1. The number of hydrogen-bond donors (Lipinski definition) is 1. The molecule has 2 fully saturated rings. The van der Waals surface area contributed by atoms with Gasteiger partial charge in [0, 0.05) is 5.92 Å². The highest BCUT2D eigenvalue weighted by molar-refractivity contribution is 6.21. The average molecular weight is 317 g/mol. The van der Waals surface area contributed by atoms with Crippen LogP contribution in [-0.4, -0.2) is 37.6 Å². The van der Waals surface area contributed by atoms with E-state index in [2.05, 4.69) is 6.92 Å². The maximum Gasteiger partial charge on any atom is 0.292 e. The van der Waals surface area contributed by atoms with Crippen molar-refractivity contribution < 1.29 is 19.2 Å². The maximum absolute atomic E-state index is 12.8. The molecule has 1 unspecified atom stereocenters. The summed E-state index contributed by atoms with van der Waals surface area (Å²) < 4.78 is 5.41. The van der Waals surface area contributed by atoms with Crippen molar-refractivity contribution in [3.8, 4) is 5.75 Å². The molecule has 0 saturated carbocycles. The number of nitrogens with zero attached hydrogens (tertiary/aromatic N) is 1. The Balaban J connectivity index is 1.75. The first-order valence-electron chi connectivity index (χ1n) is 8.54. The molecule has 0 aromatic heterocycles. The van der Waals surface area contributed by atoms with E-state index in [1.165, 1.54) is 16.2 Å². The van der Waals surface area contributed by atoms with Gasteiger partial charge in [-0.15, -0.1) is 0 Å². The second-order valence-electron chi connectivity index (χ2n) is 6.61. The average Bonchev–Trinajstić information content (AvgIpc) is 2.83. The van der Waals surface area contributed by atoms with Crippen molar-refractivity contribution >= 4 is 17.5 Å². The van der Waals surface area contributed by atoms with E-state index >= 15 is 0 Å². The predicted molar refractivity (Wildman–Crippen MR) is 87.6 cm³/mol. The molecule has 2 saturated heterocycles. The molecule has 2 amide bonds. The third kappa shape index (κ3) is 3.24. The predicted octanol–water partition coefficient (Wildman–Crippen LogP) is 1.03. The molecule has 5 nitrogen and oxygen atoms in total. The molecule has 2 heterocycles. The van der Waals surface area contributed by atoms with Gasteiger partial charge in [0.05, 0.1) is 31.8 Å². The van der Waals surface area contributed by atoms with Crippen LogP contribution in [0, 0.1) is 5.92 Å². The number of imide groups is 1. The molecule has 2 aliphatic rings. The van der Waals surface area contributed by atoms with Crippen molar-refractivity contribution in [2.75, 3.05) is 24.6 Å². The lowest BCUT2D eigenvalue weighted by molar-refractivity contribution is -0.923. The van der Waals surface area contributed by atoms with Gasteiger partial charge in [0.1, 0.15) is 5.75 Å². The molecule has 2 aliphatic heterocycles. The summed E-state index contributed by atoms with van der Waals surface area (Å²) in [5, 5.41) is 0. The van der Waals surface area contributed by atoms with Crippen molar-refractivity contribution in [1.29, 1.82) is 0 Å². The van der Waals surface area contributed by atoms with Crippen molar-refractivity contribution in [3.63, 3.8) is 0 Å². The van der Waals surface area contributed by atoms with Gasteiger partial charge in [-0.2, -0.15) is 0 Å². The number of benzene rings is 1. The second kappa shape index (κ2) is 6.71. The zero-order valence-corrected chi connectivity index (χ0v) is 13.9. The molecule has 23 heavy (non-hydrogen) atoms. The van der Waals surface area contributed by atoms with Crippen molar-refractivity contribution in [2.24, 2.45) is 5.92 Å². The fourth-order valence-electron chi connectivity index (χ4n) is 3.73. The number of nitrogens with one attached hydrogen (secondary N) is 1. The first-order chi connectivity index (χ1) is 11.1. The molecule has 1 aromatic rings. The van der Waals surface area contributed by atoms with E-state index in [0.717, 1.165) is 25.3 Å². The summed E-state index contributed by atoms with van der Waals surface area (Å²) >= 11 is 0. The molecule has 0 spiro atoms. The van der Waals surface area contributed by atoms with Crippen molar-refractivity contribution in [3.05, 3.63) is 24.3 Å². The van der Waals surface area contributed by atoms with Crippen LogP contribution in [0.2, 0.25) is 0 Å². The summed E-state index contributed by atoms with van der Waals surface area (Å²) in [6, 6.07) is 6.98. The SMILES string of the molecule is CCOc1ccc(N2C(=O)C[C@H]([NH+]3CCC[C@H](C)C3)C2=O)cc1. The van der Waals surface area contributed by atoms with Crippen LogP contribution in [0.1, 0.15) is 33.1 Å². The fourth-order valence-corrected chi connectivity index (χ4v) is 3.73. The number of piperidine rings is 1. The van der Waals surface area contributed by atoms with Crippen LogP contribution in [-0.2, 0) is 9.59 Å². The Labute approximate surface area is 137 Å². The van der Waals surface area contributed by atoms with Crippen LogP contribution >= 0.6 is 0 Å². The number of amides is 2. The standard InChI is InChI=1S/C18H24N2O3/c1-3-23-15-8-6-14(7-9-15)20-17(21)11-16(18(20)22)19-10-4-5-13(2)12-19/h6-9,13,16H,3-5,10-12H2,1-2H3/p+1/t13-,16-/m0/s1. The lowest BCUT2D eigenvalue weighted by Crippen LogP contribution is -3.18. The number of carbonyl (C=O) groups is 2. The molecular formula is C18H25N2O3+. The number of rotatable bonds is 4. The highest BCUT2D eigenvalue weighted by atomic mass is 16.5. The number of hydrogen-bond acceptors (Lipinski definition) is 3. The fraction of sp³-hybridized carbons (Fsp3) is 0.556. The molecule has 0 radical (unpaired) electrons. The minimum Gasteiger partial charge on any atom is -0.494 e. The van der Waals surface area contributed by atoms with E-state index in [1.807, 2.05) is 19.1 Å². The first kappa shape index (κ1) is 16.0. The van der Waals surface area contributed by atoms with Gasteiger partial charge in [-0.05, 0) is 44.0 Å². The van der Waals surface area contributed by atoms with Crippen molar-refractivity contribution in [2.45, 2.75) is 39.2 Å². The van der Waals surface area contributed by atoms with Gasteiger partial charge in [-0.3, -0.25) is 9.59 Å². The summed E-state index contributed by atoms with van der Waals surface area (Å²) in [5.74, 6) is 1.24. The molecular weight excluding hydrogens is 292 g/mol.